The van der Waals surface area contributed by atoms with E-state index < -0.39 is 0 Å². The van der Waals surface area contributed by atoms with Crippen molar-refractivity contribution in [2.24, 2.45) is 5.92 Å². The van der Waals surface area contributed by atoms with Gasteiger partial charge in [-0.15, -0.1) is 0 Å². The minimum absolute atomic E-state index is 0.0334. The van der Waals surface area contributed by atoms with Gasteiger partial charge in [-0.05, 0) is 37.1 Å². The summed E-state index contributed by atoms with van der Waals surface area (Å²) in [5.41, 5.74) is 1.78. The molecule has 1 aromatic carbocycles. The Balaban J connectivity index is 2.47. The number of hydrogen-bond donors (Lipinski definition) is 0. The van der Waals surface area contributed by atoms with Crippen molar-refractivity contribution in [3.63, 3.8) is 0 Å². The van der Waals surface area contributed by atoms with Crippen LogP contribution in [0.4, 0.5) is 0 Å². The Kier molecular flexibility index (Phi) is 4.03. The number of pyridine rings is 1. The standard InChI is InChI=1S/C14H13BrClNO/c1-8(9(2)18)5-10-7-17-13-4-3-11(15)6-12(13)14(10)16/h3-4,6-8H,5H2,1-2H3. The Hall–Kier alpha value is -0.930. The Labute approximate surface area is 119 Å². The van der Waals surface area contributed by atoms with Crippen LogP contribution in [0, 0.1) is 5.92 Å². The summed E-state index contributed by atoms with van der Waals surface area (Å²) in [5, 5.41) is 1.61. The van der Waals surface area contributed by atoms with Crippen molar-refractivity contribution in [3.8, 4) is 0 Å². The molecule has 0 N–H and O–H groups in total. The second kappa shape index (κ2) is 5.37. The van der Waals surface area contributed by atoms with E-state index in [1.54, 1.807) is 13.1 Å². The first-order chi connectivity index (χ1) is 8.49. The molecule has 2 aromatic rings. The monoisotopic (exact) mass is 325 g/mol. The molecule has 1 aromatic heterocycles. The van der Waals surface area contributed by atoms with Gasteiger partial charge in [0.15, 0.2) is 0 Å². The zero-order chi connectivity index (χ0) is 13.3. The van der Waals surface area contributed by atoms with Crippen LogP contribution in [0.5, 0.6) is 0 Å². The molecule has 2 rings (SSSR count). The molecule has 0 saturated heterocycles. The van der Waals surface area contributed by atoms with Gasteiger partial charge in [-0.25, -0.2) is 0 Å². The number of benzene rings is 1. The number of fused-ring (bicyclic) bond motifs is 1. The fraction of sp³-hybridized carbons (Fsp3) is 0.286. The fourth-order valence-electron chi connectivity index (χ4n) is 1.79. The van der Waals surface area contributed by atoms with Crippen molar-refractivity contribution in [2.45, 2.75) is 20.3 Å². The average molecular weight is 327 g/mol. The van der Waals surface area contributed by atoms with Gasteiger partial charge in [-0.2, -0.15) is 0 Å². The van der Waals surface area contributed by atoms with E-state index in [9.17, 15) is 4.79 Å². The summed E-state index contributed by atoms with van der Waals surface area (Å²) in [6.45, 7) is 3.51. The number of ketones is 1. The van der Waals surface area contributed by atoms with Crippen molar-refractivity contribution in [3.05, 3.63) is 39.5 Å². The SMILES string of the molecule is CC(=O)C(C)Cc1cnc2ccc(Br)cc2c1Cl. The molecule has 18 heavy (non-hydrogen) atoms. The Bertz CT molecular complexity index is 612. The van der Waals surface area contributed by atoms with Crippen LogP contribution in [0.2, 0.25) is 5.02 Å². The summed E-state index contributed by atoms with van der Waals surface area (Å²) in [5.74, 6) is 0.134. The van der Waals surface area contributed by atoms with Crippen molar-refractivity contribution in [1.82, 2.24) is 4.98 Å². The number of carbonyl (C=O) groups is 1. The lowest BCUT2D eigenvalue weighted by Crippen LogP contribution is -2.10. The van der Waals surface area contributed by atoms with Crippen LogP contribution in [0.1, 0.15) is 19.4 Å². The smallest absolute Gasteiger partial charge is 0.132 e. The largest absolute Gasteiger partial charge is 0.300 e. The first kappa shape index (κ1) is 13.5. The van der Waals surface area contributed by atoms with Gasteiger partial charge in [-0.1, -0.05) is 34.5 Å². The topological polar surface area (TPSA) is 30.0 Å². The van der Waals surface area contributed by atoms with E-state index in [0.29, 0.717) is 11.4 Å². The van der Waals surface area contributed by atoms with E-state index in [4.69, 9.17) is 11.6 Å². The van der Waals surface area contributed by atoms with Gasteiger partial charge in [0.2, 0.25) is 0 Å². The van der Waals surface area contributed by atoms with Crippen LogP contribution in [0.25, 0.3) is 10.9 Å². The summed E-state index contributed by atoms with van der Waals surface area (Å²) in [4.78, 5) is 15.7. The zero-order valence-electron chi connectivity index (χ0n) is 10.2. The molecular weight excluding hydrogens is 314 g/mol. The Morgan fingerprint density at radius 3 is 2.89 bits per heavy atom. The summed E-state index contributed by atoms with van der Waals surface area (Å²) in [7, 11) is 0. The number of nitrogens with zero attached hydrogens (tertiary/aromatic N) is 1. The molecule has 1 unspecified atom stereocenters. The summed E-state index contributed by atoms with van der Waals surface area (Å²) >= 11 is 9.81. The van der Waals surface area contributed by atoms with Gasteiger partial charge >= 0.3 is 0 Å². The lowest BCUT2D eigenvalue weighted by molar-refractivity contribution is -0.120. The molecule has 94 valence electrons. The maximum absolute atomic E-state index is 11.3. The molecule has 2 nitrogen and oxygen atoms in total. The normalized spacial score (nSPS) is 12.7. The number of halogens is 2. The molecular formula is C14H13BrClNO. The molecule has 0 amide bonds. The van der Waals surface area contributed by atoms with Crippen molar-refractivity contribution < 1.29 is 4.79 Å². The van der Waals surface area contributed by atoms with Crippen LogP contribution in [0.3, 0.4) is 0 Å². The molecule has 0 radical (unpaired) electrons. The first-order valence-electron chi connectivity index (χ1n) is 5.72. The molecule has 1 atom stereocenters. The van der Waals surface area contributed by atoms with E-state index in [2.05, 4.69) is 20.9 Å². The predicted molar refractivity (Wildman–Crippen MR) is 78.0 cm³/mol. The highest BCUT2D eigenvalue weighted by molar-refractivity contribution is 9.10. The van der Waals surface area contributed by atoms with Crippen molar-refractivity contribution in [2.75, 3.05) is 0 Å². The molecule has 1 heterocycles. The second-order valence-electron chi connectivity index (χ2n) is 4.47. The number of Topliss-reactive ketones (excluding diaryl/α,β-unsaturated/α-hetero) is 1. The van der Waals surface area contributed by atoms with Gasteiger partial charge in [0.05, 0.1) is 10.5 Å². The molecule has 0 aliphatic rings. The van der Waals surface area contributed by atoms with E-state index in [0.717, 1.165) is 20.9 Å². The average Bonchev–Trinajstić information content (AvgIpc) is 2.33. The fourth-order valence-corrected chi connectivity index (χ4v) is 2.43. The third-order valence-corrected chi connectivity index (χ3v) is 4.00. The highest BCUT2D eigenvalue weighted by Crippen LogP contribution is 2.29. The Morgan fingerprint density at radius 1 is 1.50 bits per heavy atom. The van der Waals surface area contributed by atoms with Crippen molar-refractivity contribution >= 4 is 44.2 Å². The highest BCUT2D eigenvalue weighted by Gasteiger charge is 2.13. The van der Waals surface area contributed by atoms with Crippen LogP contribution in [0.15, 0.2) is 28.9 Å². The minimum Gasteiger partial charge on any atom is -0.300 e. The van der Waals surface area contributed by atoms with Crippen LogP contribution in [-0.2, 0) is 11.2 Å². The van der Waals surface area contributed by atoms with Gasteiger partial charge in [0, 0.05) is 22.0 Å². The number of hydrogen-bond acceptors (Lipinski definition) is 2. The molecule has 0 bridgehead atoms. The molecule has 0 spiro atoms. The van der Waals surface area contributed by atoms with Gasteiger partial charge in [0.1, 0.15) is 5.78 Å². The van der Waals surface area contributed by atoms with E-state index in [1.807, 2.05) is 25.1 Å². The first-order valence-corrected chi connectivity index (χ1v) is 6.89. The molecule has 0 fully saturated rings. The van der Waals surface area contributed by atoms with Crippen molar-refractivity contribution in [1.29, 1.82) is 0 Å². The highest BCUT2D eigenvalue weighted by atomic mass is 79.9. The maximum Gasteiger partial charge on any atom is 0.132 e. The molecule has 0 aliphatic carbocycles. The van der Waals surface area contributed by atoms with Crippen LogP contribution >= 0.6 is 27.5 Å². The molecule has 4 heteroatoms. The maximum atomic E-state index is 11.3. The summed E-state index contributed by atoms with van der Waals surface area (Å²) in [6, 6.07) is 5.81. The predicted octanol–water partition coefficient (Wildman–Crippen LogP) is 4.42. The lowest BCUT2D eigenvalue weighted by Gasteiger charge is -2.10. The number of aromatic nitrogens is 1. The third-order valence-electron chi connectivity index (χ3n) is 3.06. The number of rotatable bonds is 3. The lowest BCUT2D eigenvalue weighted by atomic mass is 9.98. The number of carbonyl (C=O) groups excluding carboxylic acids is 1. The van der Waals surface area contributed by atoms with Gasteiger partial charge in [0.25, 0.3) is 0 Å². The summed E-state index contributed by atoms with van der Waals surface area (Å²) < 4.78 is 0.968. The van der Waals surface area contributed by atoms with E-state index in [1.165, 1.54) is 0 Å². The zero-order valence-corrected chi connectivity index (χ0v) is 12.5. The minimum atomic E-state index is -0.0334. The third kappa shape index (κ3) is 2.73. The quantitative estimate of drug-likeness (QED) is 0.836. The second-order valence-corrected chi connectivity index (χ2v) is 5.77. The van der Waals surface area contributed by atoms with Gasteiger partial charge < -0.3 is 0 Å². The van der Waals surface area contributed by atoms with E-state index in [-0.39, 0.29) is 11.7 Å². The van der Waals surface area contributed by atoms with Crippen LogP contribution < -0.4 is 0 Å². The molecule has 0 aliphatic heterocycles. The Morgan fingerprint density at radius 2 is 2.22 bits per heavy atom. The summed E-state index contributed by atoms with van der Waals surface area (Å²) in [6.07, 6.45) is 2.39. The van der Waals surface area contributed by atoms with E-state index >= 15 is 0 Å². The van der Waals surface area contributed by atoms with Gasteiger partial charge in [-0.3, -0.25) is 9.78 Å². The van der Waals surface area contributed by atoms with Crippen LogP contribution in [-0.4, -0.2) is 10.8 Å². The molecule has 0 saturated carbocycles.